The van der Waals surface area contributed by atoms with Gasteiger partial charge in [0.2, 0.25) is 5.91 Å². The van der Waals surface area contributed by atoms with Gasteiger partial charge in [0.15, 0.2) is 0 Å². The van der Waals surface area contributed by atoms with Gasteiger partial charge in [-0.3, -0.25) is 9.59 Å². The number of carbonyl (C=O) groups is 2. The van der Waals surface area contributed by atoms with Crippen LogP contribution in [-0.4, -0.2) is 25.5 Å². The van der Waals surface area contributed by atoms with Gasteiger partial charge in [-0.05, 0) is 11.8 Å². The topological polar surface area (TPSA) is 55.4 Å². The molecule has 0 radical (unpaired) electrons. The summed E-state index contributed by atoms with van der Waals surface area (Å²) in [6.45, 7) is 2.61. The fourth-order valence-corrected chi connectivity index (χ4v) is 1.61. The maximum Gasteiger partial charge on any atom is 0.306 e. The predicted molar refractivity (Wildman–Crippen MR) is 47.0 cm³/mol. The van der Waals surface area contributed by atoms with Crippen LogP contribution in [0.25, 0.3) is 0 Å². The molecule has 0 aliphatic carbocycles. The third kappa shape index (κ3) is 2.72. The van der Waals surface area contributed by atoms with Gasteiger partial charge in [-0.1, -0.05) is 6.92 Å². The summed E-state index contributed by atoms with van der Waals surface area (Å²) in [6.07, 6.45) is 1.59. The third-order valence-corrected chi connectivity index (χ3v) is 2.44. The molecule has 4 nitrogen and oxygen atoms in total. The van der Waals surface area contributed by atoms with Crippen LogP contribution in [0.15, 0.2) is 0 Å². The lowest BCUT2D eigenvalue weighted by Gasteiger charge is -2.31. The molecule has 0 aromatic rings. The molecule has 1 amide bonds. The number of carbonyl (C=O) groups excluding carboxylic acids is 2. The van der Waals surface area contributed by atoms with Crippen molar-refractivity contribution in [2.24, 2.45) is 5.41 Å². The molecule has 1 rings (SSSR count). The van der Waals surface area contributed by atoms with Gasteiger partial charge in [-0.15, -0.1) is 0 Å². The minimum atomic E-state index is -0.239. The van der Waals surface area contributed by atoms with Crippen molar-refractivity contribution in [2.75, 3.05) is 13.7 Å². The average Bonchev–Trinajstić information content (AvgIpc) is 2.02. The van der Waals surface area contributed by atoms with E-state index in [9.17, 15) is 9.59 Å². The van der Waals surface area contributed by atoms with Crippen LogP contribution in [0.1, 0.15) is 26.2 Å². The molecule has 1 aliphatic rings. The largest absolute Gasteiger partial charge is 0.469 e. The first-order chi connectivity index (χ1) is 6.06. The van der Waals surface area contributed by atoms with Crippen molar-refractivity contribution in [3.63, 3.8) is 0 Å². The highest BCUT2D eigenvalue weighted by molar-refractivity contribution is 5.79. The quantitative estimate of drug-likeness (QED) is 0.636. The Bertz CT molecular complexity index is 227. The maximum absolute atomic E-state index is 11.1. The molecule has 1 atom stereocenters. The van der Waals surface area contributed by atoms with Crippen molar-refractivity contribution in [1.82, 2.24) is 5.32 Å². The summed E-state index contributed by atoms with van der Waals surface area (Å²) in [4.78, 5) is 22.1. The van der Waals surface area contributed by atoms with E-state index in [4.69, 9.17) is 0 Å². The maximum atomic E-state index is 11.1. The fourth-order valence-electron chi connectivity index (χ4n) is 1.61. The molecule has 74 valence electrons. The Hall–Kier alpha value is -1.06. The van der Waals surface area contributed by atoms with Crippen LogP contribution in [-0.2, 0) is 14.3 Å². The number of hydrogen-bond acceptors (Lipinski definition) is 3. The number of esters is 1. The molecule has 0 bridgehead atoms. The molecule has 13 heavy (non-hydrogen) atoms. The molecule has 0 aromatic carbocycles. The van der Waals surface area contributed by atoms with Gasteiger partial charge in [-0.2, -0.15) is 0 Å². The minimum Gasteiger partial charge on any atom is -0.469 e. The molecule has 1 heterocycles. The SMILES string of the molecule is COC(=O)CC1(C)CCNC(=O)C1. The predicted octanol–water partition coefficient (Wildman–Crippen LogP) is 0.466. The Labute approximate surface area is 77.6 Å². The Morgan fingerprint density at radius 3 is 2.92 bits per heavy atom. The molecule has 1 N–H and O–H groups in total. The van der Waals surface area contributed by atoms with E-state index < -0.39 is 0 Å². The van der Waals surface area contributed by atoms with Gasteiger partial charge in [0.1, 0.15) is 0 Å². The summed E-state index contributed by atoms with van der Waals surface area (Å²) in [6, 6.07) is 0. The first-order valence-electron chi connectivity index (χ1n) is 4.39. The summed E-state index contributed by atoms with van der Waals surface area (Å²) in [7, 11) is 1.37. The van der Waals surface area contributed by atoms with Crippen LogP contribution in [0.4, 0.5) is 0 Å². The van der Waals surface area contributed by atoms with Gasteiger partial charge in [0.25, 0.3) is 0 Å². The van der Waals surface area contributed by atoms with Crippen molar-refractivity contribution in [3.05, 3.63) is 0 Å². The van der Waals surface area contributed by atoms with Crippen LogP contribution in [0.3, 0.4) is 0 Å². The van der Waals surface area contributed by atoms with E-state index >= 15 is 0 Å². The van der Waals surface area contributed by atoms with E-state index in [-0.39, 0.29) is 17.3 Å². The van der Waals surface area contributed by atoms with Crippen molar-refractivity contribution < 1.29 is 14.3 Å². The van der Waals surface area contributed by atoms with E-state index in [1.807, 2.05) is 6.92 Å². The lowest BCUT2D eigenvalue weighted by atomic mass is 9.78. The van der Waals surface area contributed by atoms with Gasteiger partial charge >= 0.3 is 5.97 Å². The number of piperidine rings is 1. The second kappa shape index (κ2) is 3.77. The van der Waals surface area contributed by atoms with Crippen molar-refractivity contribution >= 4 is 11.9 Å². The second-order valence-corrected chi connectivity index (χ2v) is 3.84. The number of amides is 1. The number of ether oxygens (including phenoxy) is 1. The Balaban J connectivity index is 2.53. The lowest BCUT2D eigenvalue weighted by molar-refractivity contribution is -0.144. The third-order valence-electron chi connectivity index (χ3n) is 2.44. The zero-order valence-electron chi connectivity index (χ0n) is 8.05. The minimum absolute atomic E-state index is 0.0256. The van der Waals surface area contributed by atoms with Crippen LogP contribution in [0.2, 0.25) is 0 Å². The summed E-state index contributed by atoms with van der Waals surface area (Å²) in [5, 5.41) is 2.74. The standard InChI is InChI=1S/C9H15NO3/c1-9(6-8(12)13-2)3-4-10-7(11)5-9/h3-6H2,1-2H3,(H,10,11). The summed E-state index contributed by atoms with van der Waals surface area (Å²) >= 11 is 0. The van der Waals surface area contributed by atoms with Crippen LogP contribution < -0.4 is 5.32 Å². The molecular formula is C9H15NO3. The smallest absolute Gasteiger partial charge is 0.306 e. The average molecular weight is 185 g/mol. The second-order valence-electron chi connectivity index (χ2n) is 3.84. The first-order valence-corrected chi connectivity index (χ1v) is 4.39. The summed E-state index contributed by atoms with van der Waals surface area (Å²) < 4.78 is 4.58. The van der Waals surface area contributed by atoms with E-state index in [1.54, 1.807) is 0 Å². The number of rotatable bonds is 2. The molecule has 1 fully saturated rings. The number of methoxy groups -OCH3 is 1. The fraction of sp³-hybridized carbons (Fsp3) is 0.778. The van der Waals surface area contributed by atoms with Crippen molar-refractivity contribution in [2.45, 2.75) is 26.2 Å². The Morgan fingerprint density at radius 1 is 1.69 bits per heavy atom. The summed E-state index contributed by atoms with van der Waals surface area (Å²) in [5.41, 5.74) is -0.213. The lowest BCUT2D eigenvalue weighted by Crippen LogP contribution is -2.40. The zero-order valence-corrected chi connectivity index (χ0v) is 8.05. The molecule has 1 unspecified atom stereocenters. The monoisotopic (exact) mass is 185 g/mol. The van der Waals surface area contributed by atoms with Gasteiger partial charge in [0.05, 0.1) is 13.5 Å². The molecule has 1 aliphatic heterocycles. The molecular weight excluding hydrogens is 170 g/mol. The first kappa shape index (κ1) is 10.0. The highest BCUT2D eigenvalue weighted by Crippen LogP contribution is 2.32. The zero-order chi connectivity index (χ0) is 9.90. The van der Waals surface area contributed by atoms with Crippen LogP contribution in [0, 0.1) is 5.41 Å². The highest BCUT2D eigenvalue weighted by Gasteiger charge is 2.33. The van der Waals surface area contributed by atoms with Gasteiger partial charge in [-0.25, -0.2) is 0 Å². The molecule has 0 saturated carbocycles. The van der Waals surface area contributed by atoms with E-state index in [1.165, 1.54) is 7.11 Å². The molecule has 0 spiro atoms. The van der Waals surface area contributed by atoms with E-state index in [0.29, 0.717) is 19.4 Å². The highest BCUT2D eigenvalue weighted by atomic mass is 16.5. The van der Waals surface area contributed by atoms with Crippen molar-refractivity contribution in [1.29, 1.82) is 0 Å². The van der Waals surface area contributed by atoms with Crippen molar-refractivity contribution in [3.8, 4) is 0 Å². The Kier molecular flexibility index (Phi) is 2.90. The number of hydrogen-bond donors (Lipinski definition) is 1. The normalized spacial score (nSPS) is 28.0. The molecule has 1 saturated heterocycles. The van der Waals surface area contributed by atoms with E-state index in [2.05, 4.69) is 10.1 Å². The van der Waals surface area contributed by atoms with Crippen LogP contribution >= 0.6 is 0 Å². The van der Waals surface area contributed by atoms with Gasteiger partial charge in [0, 0.05) is 13.0 Å². The summed E-state index contributed by atoms with van der Waals surface area (Å²) in [5.74, 6) is -0.213. The molecule has 0 aromatic heterocycles. The molecule has 4 heteroatoms. The Morgan fingerprint density at radius 2 is 2.38 bits per heavy atom. The van der Waals surface area contributed by atoms with Gasteiger partial charge < -0.3 is 10.1 Å². The van der Waals surface area contributed by atoms with E-state index in [0.717, 1.165) is 6.42 Å². The van der Waals surface area contributed by atoms with Crippen LogP contribution in [0.5, 0.6) is 0 Å². The number of nitrogens with one attached hydrogen (secondary N) is 1.